The highest BCUT2D eigenvalue weighted by atomic mass is 35.5. The van der Waals surface area contributed by atoms with Gasteiger partial charge in [-0.2, -0.15) is 5.10 Å². The highest BCUT2D eigenvalue weighted by molar-refractivity contribution is 6.29. The van der Waals surface area contributed by atoms with E-state index in [2.05, 4.69) is 10.1 Å². The van der Waals surface area contributed by atoms with Crippen LogP contribution in [0.15, 0.2) is 18.5 Å². The average molecular weight is 238 g/mol. The summed E-state index contributed by atoms with van der Waals surface area (Å²) in [6, 6.07) is 1.93. The van der Waals surface area contributed by atoms with Crippen LogP contribution >= 0.6 is 11.6 Å². The van der Waals surface area contributed by atoms with Crippen LogP contribution in [0, 0.1) is 0 Å². The number of hydrogen-bond donors (Lipinski definition) is 0. The van der Waals surface area contributed by atoms with Gasteiger partial charge in [0.05, 0.1) is 0 Å². The Kier molecular flexibility index (Phi) is 2.53. The summed E-state index contributed by atoms with van der Waals surface area (Å²) in [5, 5.41) is 4.70. The quantitative estimate of drug-likeness (QED) is 0.764. The number of ether oxygens (including phenoxy) is 1. The molecule has 1 aliphatic heterocycles. The fourth-order valence-corrected chi connectivity index (χ4v) is 2.42. The lowest BCUT2D eigenvalue weighted by molar-refractivity contribution is 0.0855. The van der Waals surface area contributed by atoms with Crippen molar-refractivity contribution in [1.82, 2.24) is 14.6 Å². The molecule has 1 aliphatic rings. The third kappa shape index (κ3) is 1.68. The van der Waals surface area contributed by atoms with Crippen LogP contribution in [0.4, 0.5) is 0 Å². The summed E-state index contributed by atoms with van der Waals surface area (Å²) in [6.07, 6.45) is 5.64. The van der Waals surface area contributed by atoms with E-state index in [4.69, 9.17) is 16.3 Å². The summed E-state index contributed by atoms with van der Waals surface area (Å²) in [6.45, 7) is 1.63. The largest absolute Gasteiger partial charge is 0.381 e. The molecular formula is C11H12ClN3O. The second-order valence-corrected chi connectivity index (χ2v) is 4.39. The van der Waals surface area contributed by atoms with Crippen LogP contribution in [0.25, 0.3) is 5.65 Å². The molecule has 2 aromatic heterocycles. The second-order valence-electron chi connectivity index (χ2n) is 4.00. The number of nitrogens with zero attached hydrogens (tertiary/aromatic N) is 3. The topological polar surface area (TPSA) is 39.4 Å². The van der Waals surface area contributed by atoms with E-state index in [1.807, 2.05) is 12.3 Å². The molecule has 1 saturated heterocycles. The van der Waals surface area contributed by atoms with Crippen LogP contribution < -0.4 is 0 Å². The van der Waals surface area contributed by atoms with E-state index in [-0.39, 0.29) is 0 Å². The minimum absolute atomic E-state index is 0.485. The number of fused-ring (bicyclic) bond motifs is 1. The Balaban J connectivity index is 2.09. The van der Waals surface area contributed by atoms with Crippen LogP contribution in [-0.4, -0.2) is 27.8 Å². The summed E-state index contributed by atoms with van der Waals surface area (Å²) in [5.74, 6) is 0.485. The highest BCUT2D eigenvalue weighted by Gasteiger charge is 2.20. The third-order valence-corrected chi connectivity index (χ3v) is 3.20. The van der Waals surface area contributed by atoms with Crippen LogP contribution in [-0.2, 0) is 4.74 Å². The van der Waals surface area contributed by atoms with E-state index >= 15 is 0 Å². The molecule has 0 atom stereocenters. The highest BCUT2D eigenvalue weighted by Crippen LogP contribution is 2.30. The molecule has 0 aromatic carbocycles. The first-order valence-corrected chi connectivity index (χ1v) is 5.80. The van der Waals surface area contributed by atoms with Crippen LogP contribution in [0.2, 0.25) is 5.15 Å². The summed E-state index contributed by atoms with van der Waals surface area (Å²) in [5.41, 5.74) is 2.10. The van der Waals surface area contributed by atoms with E-state index in [9.17, 15) is 0 Å². The van der Waals surface area contributed by atoms with Crippen molar-refractivity contribution in [2.45, 2.75) is 18.8 Å². The van der Waals surface area contributed by atoms with Gasteiger partial charge in [-0.15, -0.1) is 0 Å². The molecule has 2 aromatic rings. The van der Waals surface area contributed by atoms with Gasteiger partial charge in [-0.3, -0.25) is 0 Å². The Hall–Kier alpha value is -1.13. The SMILES string of the molecule is Clc1cc(C2CCOCC2)c2nccn2n1. The normalized spacial score (nSPS) is 18.1. The minimum atomic E-state index is 0.485. The molecule has 0 radical (unpaired) electrons. The van der Waals surface area contributed by atoms with Gasteiger partial charge in [-0.1, -0.05) is 11.6 Å². The lowest BCUT2D eigenvalue weighted by atomic mass is 9.93. The predicted octanol–water partition coefficient (Wildman–Crippen LogP) is 2.28. The smallest absolute Gasteiger partial charge is 0.157 e. The van der Waals surface area contributed by atoms with Crippen LogP contribution in [0.3, 0.4) is 0 Å². The summed E-state index contributed by atoms with van der Waals surface area (Å²) in [7, 11) is 0. The first-order chi connectivity index (χ1) is 7.84. The summed E-state index contributed by atoms with van der Waals surface area (Å²) in [4.78, 5) is 4.34. The van der Waals surface area contributed by atoms with Gasteiger partial charge in [0.1, 0.15) is 5.15 Å². The van der Waals surface area contributed by atoms with Crippen molar-refractivity contribution in [2.24, 2.45) is 0 Å². The zero-order valence-electron chi connectivity index (χ0n) is 8.77. The molecule has 1 fully saturated rings. The fourth-order valence-electron chi connectivity index (χ4n) is 2.22. The maximum Gasteiger partial charge on any atom is 0.157 e. The van der Waals surface area contributed by atoms with Gasteiger partial charge >= 0.3 is 0 Å². The van der Waals surface area contributed by atoms with Gasteiger partial charge in [0.2, 0.25) is 0 Å². The monoisotopic (exact) mass is 237 g/mol. The van der Waals surface area contributed by atoms with Crippen LogP contribution in [0.1, 0.15) is 24.3 Å². The van der Waals surface area contributed by atoms with Gasteiger partial charge in [-0.25, -0.2) is 9.50 Å². The minimum Gasteiger partial charge on any atom is -0.381 e. The van der Waals surface area contributed by atoms with Gasteiger partial charge in [0.15, 0.2) is 5.65 Å². The van der Waals surface area contributed by atoms with Crippen LogP contribution in [0.5, 0.6) is 0 Å². The first kappa shape index (κ1) is 10.1. The lowest BCUT2D eigenvalue weighted by Crippen LogP contribution is -2.15. The maximum atomic E-state index is 6.01. The third-order valence-electron chi connectivity index (χ3n) is 3.02. The van der Waals surface area contributed by atoms with Gasteiger partial charge < -0.3 is 4.74 Å². The number of rotatable bonds is 1. The van der Waals surface area contributed by atoms with Gasteiger partial charge in [0.25, 0.3) is 0 Å². The van der Waals surface area contributed by atoms with Crippen molar-refractivity contribution in [3.05, 3.63) is 29.2 Å². The van der Waals surface area contributed by atoms with Gasteiger partial charge in [-0.05, 0) is 24.8 Å². The Morgan fingerprint density at radius 2 is 2.19 bits per heavy atom. The molecule has 0 bridgehead atoms. The van der Waals surface area contributed by atoms with E-state index in [0.717, 1.165) is 31.7 Å². The van der Waals surface area contributed by atoms with Crippen molar-refractivity contribution in [3.8, 4) is 0 Å². The summed E-state index contributed by atoms with van der Waals surface area (Å²) >= 11 is 6.01. The van der Waals surface area contributed by atoms with Crippen molar-refractivity contribution >= 4 is 17.2 Å². The Morgan fingerprint density at radius 1 is 1.38 bits per heavy atom. The van der Waals surface area contributed by atoms with Crippen molar-refractivity contribution in [2.75, 3.05) is 13.2 Å². The van der Waals surface area contributed by atoms with Crippen molar-refractivity contribution in [1.29, 1.82) is 0 Å². The van der Waals surface area contributed by atoms with E-state index in [1.165, 1.54) is 5.56 Å². The number of imidazole rings is 1. The molecule has 5 heteroatoms. The standard InChI is InChI=1S/C11H12ClN3O/c12-10-7-9(8-1-5-16-6-2-8)11-13-3-4-15(11)14-10/h3-4,7-8H,1-2,5-6H2. The fraction of sp³-hybridized carbons (Fsp3) is 0.455. The molecular weight excluding hydrogens is 226 g/mol. The second kappa shape index (κ2) is 4.03. The van der Waals surface area contributed by atoms with E-state index < -0.39 is 0 Å². The van der Waals surface area contributed by atoms with E-state index in [0.29, 0.717) is 11.1 Å². The molecule has 16 heavy (non-hydrogen) atoms. The Morgan fingerprint density at radius 3 is 3.00 bits per heavy atom. The lowest BCUT2D eigenvalue weighted by Gasteiger charge is -2.22. The molecule has 0 unspecified atom stereocenters. The molecule has 0 saturated carbocycles. The molecule has 84 valence electrons. The van der Waals surface area contributed by atoms with Crippen molar-refractivity contribution in [3.63, 3.8) is 0 Å². The molecule has 0 aliphatic carbocycles. The molecule has 0 N–H and O–H groups in total. The Bertz CT molecular complexity index is 505. The number of aromatic nitrogens is 3. The maximum absolute atomic E-state index is 6.01. The first-order valence-electron chi connectivity index (χ1n) is 5.42. The average Bonchev–Trinajstić information content (AvgIpc) is 2.77. The number of halogens is 1. The summed E-state index contributed by atoms with van der Waals surface area (Å²) < 4.78 is 7.11. The molecule has 3 rings (SSSR count). The van der Waals surface area contributed by atoms with Gasteiger partial charge in [0, 0.05) is 31.2 Å². The zero-order valence-corrected chi connectivity index (χ0v) is 9.52. The molecule has 3 heterocycles. The predicted molar refractivity (Wildman–Crippen MR) is 60.8 cm³/mol. The zero-order chi connectivity index (χ0) is 11.0. The molecule has 0 amide bonds. The van der Waals surface area contributed by atoms with Crippen molar-refractivity contribution < 1.29 is 4.74 Å². The van der Waals surface area contributed by atoms with E-state index in [1.54, 1.807) is 10.7 Å². The number of hydrogen-bond acceptors (Lipinski definition) is 3. The Labute approximate surface area is 98.2 Å². The molecule has 0 spiro atoms. The molecule has 4 nitrogen and oxygen atoms in total.